The van der Waals surface area contributed by atoms with Crippen LogP contribution in [0.25, 0.3) is 0 Å². The van der Waals surface area contributed by atoms with Gasteiger partial charge < -0.3 is 20.0 Å². The van der Waals surface area contributed by atoms with E-state index in [9.17, 15) is 9.59 Å². The Balaban J connectivity index is 1.73. The maximum Gasteiger partial charge on any atom is 0.315 e. The van der Waals surface area contributed by atoms with Gasteiger partial charge in [-0.25, -0.2) is 4.79 Å². The van der Waals surface area contributed by atoms with Gasteiger partial charge in [-0.2, -0.15) is 0 Å². The number of hydrogen-bond acceptors (Lipinski definition) is 3. The lowest BCUT2D eigenvalue weighted by atomic mass is 10.0. The molecule has 1 aliphatic heterocycles. The van der Waals surface area contributed by atoms with Crippen LogP contribution in [0.4, 0.5) is 4.79 Å². The molecule has 1 aliphatic rings. The van der Waals surface area contributed by atoms with Gasteiger partial charge in [-0.15, -0.1) is 0 Å². The number of carbonyl (C=O) groups excluding carboxylic acids is 2. The van der Waals surface area contributed by atoms with Crippen LogP contribution in [-0.2, 0) is 11.2 Å². The summed E-state index contributed by atoms with van der Waals surface area (Å²) < 4.78 is 5.28. The van der Waals surface area contributed by atoms with Crippen molar-refractivity contribution in [1.82, 2.24) is 15.5 Å². The summed E-state index contributed by atoms with van der Waals surface area (Å²) in [5, 5.41) is 5.64. The Morgan fingerprint density at radius 2 is 2.12 bits per heavy atom. The number of aryl methyl sites for hydroxylation is 1. The average Bonchev–Trinajstić information content (AvgIpc) is 3.06. The van der Waals surface area contributed by atoms with E-state index < -0.39 is 6.04 Å². The summed E-state index contributed by atoms with van der Waals surface area (Å²) in [5.74, 6) is 0.910. The summed E-state index contributed by atoms with van der Waals surface area (Å²) in [6.45, 7) is 6.55. The van der Waals surface area contributed by atoms with Crippen LogP contribution in [0, 0.1) is 0 Å². The highest BCUT2D eigenvalue weighted by atomic mass is 16.3. The van der Waals surface area contributed by atoms with E-state index >= 15 is 0 Å². The third-order valence-corrected chi connectivity index (χ3v) is 4.59. The van der Waals surface area contributed by atoms with Crippen molar-refractivity contribution in [3.8, 4) is 0 Å². The summed E-state index contributed by atoms with van der Waals surface area (Å²) in [4.78, 5) is 26.4. The van der Waals surface area contributed by atoms with Crippen LogP contribution in [0.15, 0.2) is 22.8 Å². The molecule has 0 unspecified atom stereocenters. The molecule has 0 spiro atoms. The second-order valence-corrected chi connectivity index (χ2v) is 6.74. The normalized spacial score (nSPS) is 20.3. The van der Waals surface area contributed by atoms with Crippen LogP contribution in [-0.4, -0.2) is 41.5 Å². The summed E-state index contributed by atoms with van der Waals surface area (Å²) in [6.07, 6.45) is 6.45. The molecule has 2 rings (SSSR count). The second-order valence-electron chi connectivity index (χ2n) is 6.74. The van der Waals surface area contributed by atoms with Crippen molar-refractivity contribution in [2.75, 3.05) is 6.54 Å². The molecule has 2 N–H and O–H groups in total. The van der Waals surface area contributed by atoms with Crippen LogP contribution < -0.4 is 10.6 Å². The number of carbonyl (C=O) groups is 2. The molecule has 24 heavy (non-hydrogen) atoms. The van der Waals surface area contributed by atoms with E-state index in [2.05, 4.69) is 17.6 Å². The van der Waals surface area contributed by atoms with E-state index in [-0.39, 0.29) is 24.0 Å². The summed E-state index contributed by atoms with van der Waals surface area (Å²) in [6, 6.07) is 3.23. The number of urea groups is 1. The number of rotatable bonds is 6. The Kier molecular flexibility index (Phi) is 6.70. The molecule has 3 atom stereocenters. The van der Waals surface area contributed by atoms with E-state index in [1.54, 1.807) is 13.2 Å². The number of piperidine rings is 1. The van der Waals surface area contributed by atoms with Crippen LogP contribution >= 0.6 is 0 Å². The molecule has 6 nitrogen and oxygen atoms in total. The van der Waals surface area contributed by atoms with Crippen LogP contribution in [0.2, 0.25) is 0 Å². The van der Waals surface area contributed by atoms with Crippen LogP contribution in [0.5, 0.6) is 0 Å². The van der Waals surface area contributed by atoms with Crippen molar-refractivity contribution in [2.45, 2.75) is 71.0 Å². The third-order valence-electron chi connectivity index (χ3n) is 4.59. The zero-order valence-corrected chi connectivity index (χ0v) is 14.9. The predicted molar refractivity (Wildman–Crippen MR) is 92.6 cm³/mol. The Morgan fingerprint density at radius 1 is 1.33 bits per heavy atom. The minimum atomic E-state index is -0.511. The molecular weight excluding hydrogens is 306 g/mol. The van der Waals surface area contributed by atoms with Crippen molar-refractivity contribution in [2.24, 2.45) is 0 Å². The molecule has 0 aromatic carbocycles. The standard InChI is InChI=1S/C18H29N3O3/c1-13(9-10-16-8-6-12-24-16)19-18(23)20-15(3)17(22)21-11-5-4-7-14(21)2/h6,8,12-15H,4-5,7,9-11H2,1-3H3,(H2,19,20,23)/t13-,14-,15+/m1/s1. The molecule has 1 fully saturated rings. The van der Waals surface area contributed by atoms with Gasteiger partial charge in [0, 0.05) is 25.0 Å². The molecule has 134 valence electrons. The maximum absolute atomic E-state index is 12.5. The van der Waals surface area contributed by atoms with Gasteiger partial charge in [-0.05, 0) is 58.6 Å². The zero-order valence-electron chi connectivity index (χ0n) is 14.9. The summed E-state index contributed by atoms with van der Waals surface area (Å²) in [5.41, 5.74) is 0. The second kappa shape index (κ2) is 8.76. The van der Waals surface area contributed by atoms with Gasteiger partial charge >= 0.3 is 6.03 Å². The first-order chi connectivity index (χ1) is 11.5. The number of nitrogens with zero attached hydrogens (tertiary/aromatic N) is 1. The molecular formula is C18H29N3O3. The summed E-state index contributed by atoms with van der Waals surface area (Å²) in [7, 11) is 0. The minimum absolute atomic E-state index is 0.000545. The fraction of sp³-hybridized carbons (Fsp3) is 0.667. The number of furan rings is 1. The predicted octanol–water partition coefficient (Wildman–Crippen LogP) is 2.69. The molecule has 0 radical (unpaired) electrons. The smallest absolute Gasteiger partial charge is 0.315 e. The fourth-order valence-corrected chi connectivity index (χ4v) is 3.08. The first-order valence-electron chi connectivity index (χ1n) is 8.87. The highest BCUT2D eigenvalue weighted by molar-refractivity contribution is 5.87. The monoisotopic (exact) mass is 335 g/mol. The molecule has 1 aromatic rings. The van der Waals surface area contributed by atoms with E-state index in [4.69, 9.17) is 4.42 Å². The molecule has 6 heteroatoms. The average molecular weight is 335 g/mol. The van der Waals surface area contributed by atoms with Gasteiger partial charge in [0.05, 0.1) is 6.26 Å². The fourth-order valence-electron chi connectivity index (χ4n) is 3.08. The first-order valence-corrected chi connectivity index (χ1v) is 8.87. The van der Waals surface area contributed by atoms with E-state index in [0.717, 1.165) is 38.0 Å². The number of nitrogens with one attached hydrogen (secondary N) is 2. The van der Waals surface area contributed by atoms with Gasteiger partial charge in [-0.3, -0.25) is 4.79 Å². The Morgan fingerprint density at radius 3 is 2.79 bits per heavy atom. The Labute approximate surface area is 144 Å². The van der Waals surface area contributed by atoms with Crippen molar-refractivity contribution < 1.29 is 14.0 Å². The highest BCUT2D eigenvalue weighted by Crippen LogP contribution is 2.17. The Hall–Kier alpha value is -1.98. The molecule has 3 amide bonds. The zero-order chi connectivity index (χ0) is 17.5. The maximum atomic E-state index is 12.5. The lowest BCUT2D eigenvalue weighted by molar-refractivity contribution is -0.136. The van der Waals surface area contributed by atoms with Gasteiger partial charge in [-0.1, -0.05) is 0 Å². The van der Waals surface area contributed by atoms with E-state index in [1.807, 2.05) is 24.0 Å². The van der Waals surface area contributed by atoms with Gasteiger partial charge in [0.1, 0.15) is 11.8 Å². The van der Waals surface area contributed by atoms with E-state index in [1.165, 1.54) is 6.42 Å². The molecule has 1 saturated heterocycles. The number of amides is 3. The lowest BCUT2D eigenvalue weighted by Crippen LogP contribution is -2.54. The van der Waals surface area contributed by atoms with Crippen LogP contribution in [0.3, 0.4) is 0 Å². The van der Waals surface area contributed by atoms with Crippen molar-refractivity contribution in [3.63, 3.8) is 0 Å². The van der Waals surface area contributed by atoms with Crippen LogP contribution in [0.1, 0.15) is 52.2 Å². The molecule has 0 aliphatic carbocycles. The molecule has 0 bridgehead atoms. The number of hydrogen-bond donors (Lipinski definition) is 2. The van der Waals surface area contributed by atoms with Crippen molar-refractivity contribution in [1.29, 1.82) is 0 Å². The topological polar surface area (TPSA) is 74.6 Å². The first kappa shape index (κ1) is 18.4. The van der Waals surface area contributed by atoms with Gasteiger partial charge in [0.2, 0.25) is 5.91 Å². The molecule has 1 aromatic heterocycles. The molecule has 0 saturated carbocycles. The summed E-state index contributed by atoms with van der Waals surface area (Å²) >= 11 is 0. The SMILES string of the molecule is C[C@H](CCc1ccco1)NC(=O)N[C@@H](C)C(=O)N1CCCC[C@H]1C. The largest absolute Gasteiger partial charge is 0.469 e. The quantitative estimate of drug-likeness (QED) is 0.839. The highest BCUT2D eigenvalue weighted by Gasteiger charge is 2.27. The van der Waals surface area contributed by atoms with E-state index in [0.29, 0.717) is 0 Å². The lowest BCUT2D eigenvalue weighted by Gasteiger charge is -2.35. The van der Waals surface area contributed by atoms with Crippen molar-refractivity contribution >= 4 is 11.9 Å². The van der Waals surface area contributed by atoms with Gasteiger partial charge in [0.25, 0.3) is 0 Å². The molecule has 2 heterocycles. The number of likely N-dealkylation sites (tertiary alicyclic amines) is 1. The third kappa shape index (κ3) is 5.28. The minimum Gasteiger partial charge on any atom is -0.469 e. The van der Waals surface area contributed by atoms with Gasteiger partial charge in [0.15, 0.2) is 0 Å². The Bertz CT molecular complexity index is 530. The van der Waals surface area contributed by atoms with Crippen molar-refractivity contribution in [3.05, 3.63) is 24.2 Å².